The Kier molecular flexibility index (Phi) is 7.48. The number of hydrogen-bond donors (Lipinski definition) is 0. The van der Waals surface area contributed by atoms with Crippen LogP contribution in [0.15, 0.2) is 12.1 Å². The summed E-state index contributed by atoms with van der Waals surface area (Å²) in [6, 6.07) is 7.16. The van der Waals surface area contributed by atoms with Gasteiger partial charge >= 0.3 is 5.97 Å². The van der Waals surface area contributed by atoms with Gasteiger partial charge in [0.25, 0.3) is 0 Å². The van der Waals surface area contributed by atoms with Crippen LogP contribution in [0.2, 0.25) is 0 Å². The topological polar surface area (TPSA) is 83.1 Å². The molecular weight excluding hydrogens is 328 g/mol. The smallest absolute Gasteiger partial charge is 0.314 e. The largest absolute Gasteiger partial charge is 0.492 e. The van der Waals surface area contributed by atoms with E-state index in [1.165, 1.54) is 0 Å². The highest BCUT2D eigenvalue weighted by atomic mass is 16.5. The van der Waals surface area contributed by atoms with Gasteiger partial charge in [-0.2, -0.15) is 10.5 Å². The zero-order chi connectivity index (χ0) is 18.9. The van der Waals surface area contributed by atoms with E-state index in [2.05, 4.69) is 6.92 Å². The fraction of sp³-hybridized carbons (Fsp3) is 0.571. The molecule has 0 heterocycles. The van der Waals surface area contributed by atoms with Gasteiger partial charge in [-0.15, -0.1) is 0 Å². The summed E-state index contributed by atoms with van der Waals surface area (Å²) in [5.74, 6) is 0.767. The van der Waals surface area contributed by atoms with E-state index in [4.69, 9.17) is 9.47 Å². The lowest BCUT2D eigenvalue weighted by Gasteiger charge is -2.26. The van der Waals surface area contributed by atoms with Crippen molar-refractivity contribution in [3.63, 3.8) is 0 Å². The van der Waals surface area contributed by atoms with Crippen molar-refractivity contribution in [3.05, 3.63) is 23.3 Å². The Morgan fingerprint density at radius 3 is 2.27 bits per heavy atom. The first-order valence-electron chi connectivity index (χ1n) is 9.46. The molecule has 0 N–H and O–H groups in total. The van der Waals surface area contributed by atoms with Crippen molar-refractivity contribution in [1.82, 2.24) is 0 Å². The second-order valence-corrected chi connectivity index (χ2v) is 6.78. The monoisotopic (exact) mass is 354 g/mol. The Hall–Kier alpha value is -2.53. The van der Waals surface area contributed by atoms with Gasteiger partial charge in [0.1, 0.15) is 34.8 Å². The Bertz CT molecular complexity index is 707. The Labute approximate surface area is 155 Å². The quantitative estimate of drug-likeness (QED) is 0.401. The van der Waals surface area contributed by atoms with E-state index in [0.717, 1.165) is 44.9 Å². The van der Waals surface area contributed by atoms with Gasteiger partial charge in [-0.1, -0.05) is 26.7 Å². The van der Waals surface area contributed by atoms with Crippen molar-refractivity contribution in [2.24, 2.45) is 11.8 Å². The number of rotatable bonds is 7. The third-order valence-corrected chi connectivity index (χ3v) is 5.08. The van der Waals surface area contributed by atoms with E-state index in [0.29, 0.717) is 18.3 Å². The zero-order valence-corrected chi connectivity index (χ0v) is 15.6. The molecule has 0 bridgehead atoms. The lowest BCUT2D eigenvalue weighted by Crippen LogP contribution is -2.25. The summed E-state index contributed by atoms with van der Waals surface area (Å²) in [5, 5.41) is 18.9. The average molecular weight is 354 g/mol. The molecule has 0 aliphatic heterocycles. The maximum atomic E-state index is 12.5. The number of esters is 1. The second-order valence-electron chi connectivity index (χ2n) is 6.78. The summed E-state index contributed by atoms with van der Waals surface area (Å²) in [6.45, 7) is 4.71. The van der Waals surface area contributed by atoms with Crippen LogP contribution in [-0.4, -0.2) is 12.6 Å². The Balaban J connectivity index is 2.13. The van der Waals surface area contributed by atoms with E-state index < -0.39 is 0 Å². The van der Waals surface area contributed by atoms with Crippen LogP contribution in [0.25, 0.3) is 0 Å². The number of benzene rings is 1. The van der Waals surface area contributed by atoms with Crippen LogP contribution in [-0.2, 0) is 4.79 Å². The molecule has 1 aromatic rings. The number of unbranched alkanes of at least 4 members (excludes halogenated alkanes) is 1. The molecule has 1 aliphatic carbocycles. The molecule has 0 unspecified atom stereocenters. The van der Waals surface area contributed by atoms with Crippen molar-refractivity contribution in [2.75, 3.05) is 6.61 Å². The average Bonchev–Trinajstić information content (AvgIpc) is 2.68. The molecule has 0 amide bonds. The molecular formula is C21H26N2O3. The van der Waals surface area contributed by atoms with Gasteiger partial charge in [0.15, 0.2) is 0 Å². The number of hydrogen-bond acceptors (Lipinski definition) is 5. The van der Waals surface area contributed by atoms with Crippen LogP contribution in [0.5, 0.6) is 11.5 Å². The number of nitrogens with zero attached hydrogens (tertiary/aromatic N) is 2. The van der Waals surface area contributed by atoms with Gasteiger partial charge in [-0.3, -0.25) is 4.79 Å². The minimum atomic E-state index is -0.306. The molecule has 0 spiro atoms. The fourth-order valence-electron chi connectivity index (χ4n) is 3.32. The molecule has 0 saturated heterocycles. The highest BCUT2D eigenvalue weighted by Gasteiger charge is 2.28. The van der Waals surface area contributed by atoms with Gasteiger partial charge in [-0.25, -0.2) is 0 Å². The van der Waals surface area contributed by atoms with Crippen LogP contribution >= 0.6 is 0 Å². The summed E-state index contributed by atoms with van der Waals surface area (Å²) in [6.07, 6.45) is 6.70. The minimum Gasteiger partial charge on any atom is -0.492 e. The SMILES string of the molecule is CCCCOc1ccc(OC(=O)C2CCC(CC)CC2)c(C#N)c1C#N. The maximum absolute atomic E-state index is 12.5. The highest BCUT2D eigenvalue weighted by Crippen LogP contribution is 2.34. The lowest BCUT2D eigenvalue weighted by molar-refractivity contribution is -0.140. The first-order valence-corrected chi connectivity index (χ1v) is 9.46. The molecule has 5 heteroatoms. The van der Waals surface area contributed by atoms with Crippen molar-refractivity contribution in [2.45, 2.75) is 58.8 Å². The van der Waals surface area contributed by atoms with Crippen molar-refractivity contribution in [1.29, 1.82) is 10.5 Å². The zero-order valence-electron chi connectivity index (χ0n) is 15.6. The Morgan fingerprint density at radius 2 is 1.69 bits per heavy atom. The second kappa shape index (κ2) is 9.82. The minimum absolute atomic E-state index is 0.0668. The van der Waals surface area contributed by atoms with E-state index in [9.17, 15) is 15.3 Å². The molecule has 1 saturated carbocycles. The molecule has 138 valence electrons. The van der Waals surface area contributed by atoms with Crippen LogP contribution < -0.4 is 9.47 Å². The molecule has 5 nitrogen and oxygen atoms in total. The number of carbonyl (C=O) groups excluding carboxylic acids is 1. The number of carbonyl (C=O) groups is 1. The van der Waals surface area contributed by atoms with Gasteiger partial charge < -0.3 is 9.47 Å². The molecule has 0 aromatic heterocycles. The van der Waals surface area contributed by atoms with Crippen molar-refractivity contribution < 1.29 is 14.3 Å². The summed E-state index contributed by atoms with van der Waals surface area (Å²) in [5.41, 5.74) is 0.195. The maximum Gasteiger partial charge on any atom is 0.314 e. The molecule has 0 radical (unpaired) electrons. The highest BCUT2D eigenvalue weighted by molar-refractivity contribution is 5.77. The van der Waals surface area contributed by atoms with Gasteiger partial charge in [0.2, 0.25) is 0 Å². The van der Waals surface area contributed by atoms with Gasteiger partial charge in [0, 0.05) is 0 Å². The first kappa shape index (κ1) is 19.8. The van der Waals surface area contributed by atoms with Crippen LogP contribution in [0, 0.1) is 34.5 Å². The molecule has 26 heavy (non-hydrogen) atoms. The fourth-order valence-corrected chi connectivity index (χ4v) is 3.32. The third-order valence-electron chi connectivity index (χ3n) is 5.08. The van der Waals surface area contributed by atoms with Gasteiger partial charge in [-0.05, 0) is 50.2 Å². The van der Waals surface area contributed by atoms with Crippen LogP contribution in [0.4, 0.5) is 0 Å². The third kappa shape index (κ3) is 4.76. The molecule has 1 fully saturated rings. The summed E-state index contributed by atoms with van der Waals surface area (Å²) < 4.78 is 11.1. The lowest BCUT2D eigenvalue weighted by atomic mass is 9.81. The van der Waals surface area contributed by atoms with E-state index in [1.807, 2.05) is 19.1 Å². The molecule has 1 aromatic carbocycles. The van der Waals surface area contributed by atoms with Gasteiger partial charge in [0.05, 0.1) is 12.5 Å². The Morgan fingerprint density at radius 1 is 1.08 bits per heavy atom. The van der Waals surface area contributed by atoms with Crippen molar-refractivity contribution >= 4 is 5.97 Å². The summed E-state index contributed by atoms with van der Waals surface area (Å²) in [4.78, 5) is 12.5. The number of nitriles is 2. The van der Waals surface area contributed by atoms with Crippen LogP contribution in [0.3, 0.4) is 0 Å². The van der Waals surface area contributed by atoms with E-state index in [1.54, 1.807) is 12.1 Å². The molecule has 1 aliphatic rings. The number of ether oxygens (including phenoxy) is 2. The normalized spacial score (nSPS) is 19.2. The summed E-state index contributed by atoms with van der Waals surface area (Å²) >= 11 is 0. The predicted octanol–water partition coefficient (Wildman–Crippen LogP) is 4.73. The standard InChI is InChI=1S/C21H26N2O3/c1-3-5-12-25-19-10-11-20(18(14-23)17(19)13-22)26-21(24)16-8-6-15(4-2)7-9-16/h10-11,15-16H,3-9,12H2,1-2H3. The summed E-state index contributed by atoms with van der Waals surface area (Å²) in [7, 11) is 0. The van der Waals surface area contributed by atoms with E-state index in [-0.39, 0.29) is 28.8 Å². The molecule has 0 atom stereocenters. The predicted molar refractivity (Wildman–Crippen MR) is 97.6 cm³/mol. The molecule has 2 rings (SSSR count). The first-order chi connectivity index (χ1) is 12.6. The van der Waals surface area contributed by atoms with E-state index >= 15 is 0 Å². The van der Waals surface area contributed by atoms with Crippen LogP contribution in [0.1, 0.15) is 69.9 Å². The van der Waals surface area contributed by atoms with Crippen molar-refractivity contribution in [3.8, 4) is 23.6 Å².